The summed E-state index contributed by atoms with van der Waals surface area (Å²) in [4.78, 5) is 4.39. The van der Waals surface area contributed by atoms with Crippen molar-refractivity contribution in [2.75, 3.05) is 13.7 Å². The number of halogens is 2. The van der Waals surface area contributed by atoms with Gasteiger partial charge in [0.1, 0.15) is 0 Å². The van der Waals surface area contributed by atoms with E-state index in [0.717, 1.165) is 5.56 Å². The van der Waals surface area contributed by atoms with Gasteiger partial charge < -0.3 is 9.57 Å². The minimum Gasteiger partial charge on any atom is -0.492 e. The molecule has 3 nitrogen and oxygen atoms in total. The van der Waals surface area contributed by atoms with Crippen molar-refractivity contribution in [3.8, 4) is 5.75 Å². The van der Waals surface area contributed by atoms with Crippen LogP contribution in [0.15, 0.2) is 12.1 Å². The van der Waals surface area contributed by atoms with Gasteiger partial charge in [0.25, 0.3) is 0 Å². The van der Waals surface area contributed by atoms with Gasteiger partial charge >= 0.3 is 0 Å². The predicted octanol–water partition coefficient (Wildman–Crippen LogP) is 1.92. The van der Waals surface area contributed by atoms with E-state index in [9.17, 15) is 4.39 Å². The number of nitrogens with two attached hydrogens (primary N) is 1. The van der Waals surface area contributed by atoms with E-state index in [1.807, 2.05) is 0 Å². The van der Waals surface area contributed by atoms with Crippen LogP contribution in [0.4, 0.5) is 4.39 Å². The van der Waals surface area contributed by atoms with Gasteiger partial charge in [0, 0.05) is 0 Å². The molecule has 0 fully saturated rings. The summed E-state index contributed by atoms with van der Waals surface area (Å²) in [5.41, 5.74) is 0.721. The van der Waals surface area contributed by atoms with Gasteiger partial charge in [-0.05, 0) is 24.1 Å². The lowest BCUT2D eigenvalue weighted by atomic mass is 10.1. The van der Waals surface area contributed by atoms with Crippen molar-refractivity contribution in [1.82, 2.24) is 0 Å². The molecule has 0 aromatic heterocycles. The van der Waals surface area contributed by atoms with Crippen LogP contribution in [0.25, 0.3) is 0 Å². The van der Waals surface area contributed by atoms with Gasteiger partial charge in [0.2, 0.25) is 0 Å². The molecule has 1 aromatic carbocycles. The molecule has 0 aliphatic heterocycles. The summed E-state index contributed by atoms with van der Waals surface area (Å²) < 4.78 is 18.0. The first-order chi connectivity index (χ1) is 6.69. The fraction of sp³-hybridized carbons (Fsp3) is 0.333. The van der Waals surface area contributed by atoms with Crippen molar-refractivity contribution in [3.05, 3.63) is 28.5 Å². The summed E-state index contributed by atoms with van der Waals surface area (Å²) in [6, 6.07) is 2.98. The molecule has 5 heteroatoms. The van der Waals surface area contributed by atoms with Gasteiger partial charge in [-0.25, -0.2) is 10.3 Å². The maximum Gasteiger partial charge on any atom is 0.173 e. The van der Waals surface area contributed by atoms with E-state index < -0.39 is 5.82 Å². The van der Waals surface area contributed by atoms with Gasteiger partial charge in [-0.1, -0.05) is 11.6 Å². The second-order valence-corrected chi connectivity index (χ2v) is 3.12. The van der Waals surface area contributed by atoms with Crippen LogP contribution in [-0.4, -0.2) is 13.7 Å². The molecule has 14 heavy (non-hydrogen) atoms. The lowest BCUT2D eigenvalue weighted by molar-refractivity contribution is 0.141. The van der Waals surface area contributed by atoms with Gasteiger partial charge in [-0.15, -0.1) is 0 Å². The molecule has 0 heterocycles. The molecule has 2 N–H and O–H groups in total. The van der Waals surface area contributed by atoms with Gasteiger partial charge in [-0.2, -0.15) is 0 Å². The molecule has 1 aromatic rings. The van der Waals surface area contributed by atoms with E-state index in [1.165, 1.54) is 13.2 Å². The molecule has 0 aliphatic carbocycles. The third kappa shape index (κ3) is 2.57. The summed E-state index contributed by atoms with van der Waals surface area (Å²) in [5, 5.41) is 0.250. The highest BCUT2D eigenvalue weighted by molar-refractivity contribution is 6.32. The Morgan fingerprint density at radius 1 is 1.50 bits per heavy atom. The largest absolute Gasteiger partial charge is 0.492 e. The summed E-state index contributed by atoms with van der Waals surface area (Å²) in [7, 11) is 1.37. The Bertz CT molecular complexity index is 297. The minimum absolute atomic E-state index is 0.0593. The third-order valence-corrected chi connectivity index (χ3v) is 2.05. The SMILES string of the molecule is COc1c(F)cc(CCON)cc1Cl. The van der Waals surface area contributed by atoms with Gasteiger partial charge in [-0.3, -0.25) is 0 Å². The third-order valence-electron chi connectivity index (χ3n) is 1.77. The molecule has 0 amide bonds. The van der Waals surface area contributed by atoms with E-state index in [1.54, 1.807) is 6.07 Å². The maximum absolute atomic E-state index is 13.3. The number of rotatable bonds is 4. The van der Waals surface area contributed by atoms with E-state index >= 15 is 0 Å². The second kappa shape index (κ2) is 5.14. The van der Waals surface area contributed by atoms with Crippen LogP contribution in [0.5, 0.6) is 5.75 Å². The molecule has 0 unspecified atom stereocenters. The smallest absolute Gasteiger partial charge is 0.173 e. The van der Waals surface area contributed by atoms with E-state index in [4.69, 9.17) is 22.2 Å². The molecule has 0 spiro atoms. The van der Waals surface area contributed by atoms with Crippen LogP contribution in [0.2, 0.25) is 5.02 Å². The fourth-order valence-corrected chi connectivity index (χ4v) is 1.44. The molecule has 0 atom stereocenters. The van der Waals surface area contributed by atoms with E-state index in [-0.39, 0.29) is 10.8 Å². The minimum atomic E-state index is -0.480. The van der Waals surface area contributed by atoms with Crippen LogP contribution < -0.4 is 10.6 Å². The molecule has 0 saturated carbocycles. The standard InChI is InChI=1S/C9H11ClFNO2/c1-13-9-7(10)4-6(2-3-14-12)5-8(9)11/h4-5H,2-3,12H2,1H3. The van der Waals surface area contributed by atoms with Crippen molar-refractivity contribution in [3.63, 3.8) is 0 Å². The summed E-state index contributed by atoms with van der Waals surface area (Å²) in [6.45, 7) is 0.322. The number of hydrogen-bond acceptors (Lipinski definition) is 3. The van der Waals surface area contributed by atoms with Crippen molar-refractivity contribution < 1.29 is 14.0 Å². The van der Waals surface area contributed by atoms with Crippen molar-refractivity contribution in [1.29, 1.82) is 0 Å². The monoisotopic (exact) mass is 219 g/mol. The first-order valence-corrected chi connectivity index (χ1v) is 4.40. The quantitative estimate of drug-likeness (QED) is 0.787. The maximum atomic E-state index is 13.3. The Kier molecular flexibility index (Phi) is 4.13. The molecule has 0 bridgehead atoms. The lowest BCUT2D eigenvalue weighted by Crippen LogP contribution is -2.04. The van der Waals surface area contributed by atoms with Gasteiger partial charge in [0.05, 0.1) is 18.7 Å². The molecule has 1 rings (SSSR count). The summed E-state index contributed by atoms with van der Waals surface area (Å²) in [6.07, 6.45) is 0.511. The Balaban J connectivity index is 2.90. The zero-order valence-corrected chi connectivity index (χ0v) is 8.47. The average Bonchev–Trinajstić information content (AvgIpc) is 2.14. The molecule has 0 saturated heterocycles. The summed E-state index contributed by atoms with van der Waals surface area (Å²) in [5.74, 6) is 4.44. The first kappa shape index (κ1) is 11.2. The van der Waals surface area contributed by atoms with Crippen molar-refractivity contribution in [2.45, 2.75) is 6.42 Å². The van der Waals surface area contributed by atoms with Crippen molar-refractivity contribution in [2.24, 2.45) is 5.90 Å². The Morgan fingerprint density at radius 3 is 2.71 bits per heavy atom. The van der Waals surface area contributed by atoms with Crippen LogP contribution >= 0.6 is 11.6 Å². The molecule has 78 valence electrons. The zero-order valence-electron chi connectivity index (χ0n) is 7.72. The number of methoxy groups -OCH3 is 1. The molecule has 0 aliphatic rings. The Morgan fingerprint density at radius 2 is 2.21 bits per heavy atom. The Labute approximate surface area is 86.5 Å². The topological polar surface area (TPSA) is 44.5 Å². The fourth-order valence-electron chi connectivity index (χ4n) is 1.13. The van der Waals surface area contributed by atoms with Crippen LogP contribution in [0.1, 0.15) is 5.56 Å². The highest BCUT2D eigenvalue weighted by atomic mass is 35.5. The predicted molar refractivity (Wildman–Crippen MR) is 51.8 cm³/mol. The van der Waals surface area contributed by atoms with Crippen molar-refractivity contribution >= 4 is 11.6 Å². The molecular formula is C9H11ClFNO2. The number of ether oxygens (including phenoxy) is 1. The Hall–Kier alpha value is -0.840. The van der Waals surface area contributed by atoms with E-state index in [2.05, 4.69) is 4.84 Å². The van der Waals surface area contributed by atoms with Crippen LogP contribution in [-0.2, 0) is 11.3 Å². The first-order valence-electron chi connectivity index (χ1n) is 4.02. The lowest BCUT2D eigenvalue weighted by Gasteiger charge is -2.07. The molecular weight excluding hydrogens is 209 g/mol. The summed E-state index contributed by atoms with van der Waals surface area (Å²) >= 11 is 5.78. The second-order valence-electron chi connectivity index (χ2n) is 2.71. The van der Waals surface area contributed by atoms with E-state index in [0.29, 0.717) is 13.0 Å². The highest BCUT2D eigenvalue weighted by Crippen LogP contribution is 2.28. The van der Waals surface area contributed by atoms with Gasteiger partial charge in [0.15, 0.2) is 11.6 Å². The highest BCUT2D eigenvalue weighted by Gasteiger charge is 2.09. The normalized spacial score (nSPS) is 10.3. The average molecular weight is 220 g/mol. The zero-order chi connectivity index (χ0) is 10.6. The number of benzene rings is 1. The molecule has 0 radical (unpaired) electrons. The van der Waals surface area contributed by atoms with Crippen LogP contribution in [0.3, 0.4) is 0 Å². The number of hydrogen-bond donors (Lipinski definition) is 1. The van der Waals surface area contributed by atoms with Crippen LogP contribution in [0, 0.1) is 5.82 Å².